The first-order valence-electron chi connectivity index (χ1n) is 3.02. The van der Waals surface area contributed by atoms with Gasteiger partial charge in [-0.15, -0.1) is 0 Å². The lowest BCUT2D eigenvalue weighted by Crippen LogP contribution is -2.11. The Morgan fingerprint density at radius 3 is 2.75 bits per heavy atom. The highest BCUT2D eigenvalue weighted by molar-refractivity contribution is 9.10. The third kappa shape index (κ3) is 2.40. The van der Waals surface area contributed by atoms with Crippen LogP contribution in [0, 0.1) is 5.82 Å². The van der Waals surface area contributed by atoms with Crippen molar-refractivity contribution in [1.29, 1.82) is 0 Å². The quantitative estimate of drug-likeness (QED) is 0.332. The maximum Gasteiger partial charge on any atom is 0.184 e. The summed E-state index contributed by atoms with van der Waals surface area (Å²) in [6.45, 7) is 0. The monoisotopic (exact) mass is 267 g/mol. The number of thiocarbonyl (C=S) groups is 1. The van der Waals surface area contributed by atoms with Crippen molar-refractivity contribution in [2.45, 2.75) is 0 Å². The van der Waals surface area contributed by atoms with Crippen molar-refractivity contribution in [1.82, 2.24) is 0 Å². The van der Waals surface area contributed by atoms with Gasteiger partial charge in [0.2, 0.25) is 0 Å². The molecule has 0 unspecified atom stereocenters. The Morgan fingerprint density at radius 2 is 2.25 bits per heavy atom. The minimum absolute atomic E-state index is 0.112. The van der Waals surface area contributed by atoms with Gasteiger partial charge in [-0.25, -0.2) is 4.39 Å². The fourth-order valence-electron chi connectivity index (χ4n) is 0.700. The molecule has 1 nitrogen and oxygen atoms in total. The van der Waals surface area contributed by atoms with Crippen LogP contribution in [0.5, 0.6) is 0 Å². The van der Waals surface area contributed by atoms with Gasteiger partial charge in [0, 0.05) is 0 Å². The number of anilines is 1. The molecular formula is C7H4BrClFNS. The first-order valence-corrected chi connectivity index (χ1v) is 4.52. The van der Waals surface area contributed by atoms with Crippen LogP contribution < -0.4 is 3.93 Å². The van der Waals surface area contributed by atoms with Gasteiger partial charge in [-0.2, -0.15) is 0 Å². The van der Waals surface area contributed by atoms with E-state index in [-0.39, 0.29) is 10.3 Å². The second-order valence-corrected chi connectivity index (χ2v) is 3.69. The van der Waals surface area contributed by atoms with Crippen LogP contribution >= 0.6 is 40.0 Å². The van der Waals surface area contributed by atoms with Gasteiger partial charge in [-0.1, -0.05) is 17.7 Å². The minimum atomic E-state index is -0.329. The molecule has 0 aromatic heterocycles. The lowest BCUT2D eigenvalue weighted by molar-refractivity contribution is 0.628. The topological polar surface area (TPSA) is 3.24 Å². The van der Waals surface area contributed by atoms with Crippen molar-refractivity contribution in [3.63, 3.8) is 0 Å². The number of hydrogen-bond donors (Lipinski definition) is 0. The van der Waals surface area contributed by atoms with Crippen LogP contribution in [-0.4, -0.2) is 4.45 Å². The summed E-state index contributed by atoms with van der Waals surface area (Å²) in [5.41, 5.74) is 0.565. The van der Waals surface area contributed by atoms with Crippen LogP contribution in [0.2, 0.25) is 0 Å². The molecule has 0 aliphatic carbocycles. The van der Waals surface area contributed by atoms with Gasteiger partial charge >= 0.3 is 0 Å². The largest absolute Gasteiger partial charge is 0.257 e. The van der Waals surface area contributed by atoms with E-state index in [1.807, 2.05) is 0 Å². The van der Waals surface area contributed by atoms with Crippen molar-refractivity contribution in [2.24, 2.45) is 0 Å². The van der Waals surface area contributed by atoms with Crippen molar-refractivity contribution in [3.8, 4) is 0 Å². The highest BCUT2D eigenvalue weighted by Crippen LogP contribution is 2.20. The average molecular weight is 269 g/mol. The zero-order valence-corrected chi connectivity index (χ0v) is 8.96. The Labute approximate surface area is 88.5 Å². The highest BCUT2D eigenvalue weighted by Gasteiger charge is 2.05. The lowest BCUT2D eigenvalue weighted by atomic mass is 10.3. The molecule has 0 spiro atoms. The summed E-state index contributed by atoms with van der Waals surface area (Å²) in [4.78, 5) is 0. The van der Waals surface area contributed by atoms with Gasteiger partial charge in [-0.3, -0.25) is 3.93 Å². The van der Waals surface area contributed by atoms with E-state index in [9.17, 15) is 4.39 Å². The van der Waals surface area contributed by atoms with Crippen LogP contribution in [0.15, 0.2) is 24.3 Å². The lowest BCUT2D eigenvalue weighted by Gasteiger charge is -2.11. The maximum atomic E-state index is 12.7. The van der Waals surface area contributed by atoms with E-state index in [4.69, 9.17) is 11.6 Å². The number of benzene rings is 1. The molecule has 12 heavy (non-hydrogen) atoms. The first-order chi connectivity index (χ1) is 5.61. The van der Waals surface area contributed by atoms with Gasteiger partial charge in [0.05, 0.1) is 21.8 Å². The molecule has 0 radical (unpaired) electrons. The van der Waals surface area contributed by atoms with Gasteiger partial charge in [0.25, 0.3) is 0 Å². The molecule has 5 heteroatoms. The first kappa shape index (κ1) is 9.89. The van der Waals surface area contributed by atoms with Crippen molar-refractivity contribution in [3.05, 3.63) is 30.1 Å². The standard InChI is InChI=1S/C7H4BrClFNS/c8-11(7(9)12)6-3-1-2-5(10)4-6/h1-4H. The van der Waals surface area contributed by atoms with Crippen molar-refractivity contribution >= 4 is 50.1 Å². The summed E-state index contributed by atoms with van der Waals surface area (Å²) in [6.07, 6.45) is 0. The zero-order chi connectivity index (χ0) is 9.14. The third-order valence-corrected chi connectivity index (χ3v) is 2.74. The summed E-state index contributed by atoms with van der Waals surface area (Å²) in [7, 11) is 0. The number of rotatable bonds is 1. The summed E-state index contributed by atoms with van der Waals surface area (Å²) >= 11 is 13.2. The molecule has 0 aliphatic rings. The van der Waals surface area contributed by atoms with Gasteiger partial charge in [0.1, 0.15) is 5.82 Å². The number of nitrogens with zero attached hydrogens (tertiary/aromatic N) is 1. The molecule has 0 amide bonds. The molecule has 1 aromatic carbocycles. The van der Waals surface area contributed by atoms with Crippen LogP contribution in [0.25, 0.3) is 0 Å². The molecule has 0 saturated heterocycles. The average Bonchev–Trinajstić information content (AvgIpc) is 2.03. The normalized spacial score (nSPS) is 9.58. The Kier molecular flexibility index (Phi) is 3.43. The molecule has 0 saturated carbocycles. The van der Waals surface area contributed by atoms with E-state index in [2.05, 4.69) is 28.4 Å². The molecule has 0 aliphatic heterocycles. The molecule has 0 heterocycles. The SMILES string of the molecule is Fc1cccc(N(Br)C(=S)Cl)c1. The second-order valence-electron chi connectivity index (χ2n) is 2.01. The number of hydrogen-bond acceptors (Lipinski definition) is 1. The number of halogens is 3. The molecule has 0 atom stereocenters. The zero-order valence-electron chi connectivity index (χ0n) is 5.80. The highest BCUT2D eigenvalue weighted by atomic mass is 79.9. The summed E-state index contributed by atoms with van der Waals surface area (Å²) < 4.78 is 14.1. The maximum absolute atomic E-state index is 12.7. The Hall–Kier alpha value is -0.190. The van der Waals surface area contributed by atoms with E-state index in [1.54, 1.807) is 12.1 Å². The van der Waals surface area contributed by atoms with Crippen LogP contribution in [-0.2, 0) is 0 Å². The van der Waals surface area contributed by atoms with Crippen LogP contribution in [0.3, 0.4) is 0 Å². The van der Waals surface area contributed by atoms with E-state index >= 15 is 0 Å². The molecule has 0 bridgehead atoms. The van der Waals surface area contributed by atoms with Gasteiger partial charge in [-0.05, 0) is 30.4 Å². The summed E-state index contributed by atoms with van der Waals surface area (Å²) in [5.74, 6) is -0.329. The third-order valence-electron chi connectivity index (χ3n) is 1.19. The van der Waals surface area contributed by atoms with Crippen molar-refractivity contribution in [2.75, 3.05) is 3.93 Å². The molecule has 1 aromatic rings. The van der Waals surface area contributed by atoms with Gasteiger partial charge < -0.3 is 0 Å². The van der Waals surface area contributed by atoms with E-state index in [1.165, 1.54) is 16.1 Å². The fraction of sp³-hybridized carbons (Fsp3) is 0. The Balaban J connectivity index is 2.95. The Morgan fingerprint density at radius 1 is 1.58 bits per heavy atom. The Bertz CT molecular complexity index is 307. The summed E-state index contributed by atoms with van der Waals surface area (Å²) in [5, 5.41) is 0. The predicted molar refractivity (Wildman–Crippen MR) is 56.3 cm³/mol. The van der Waals surface area contributed by atoms with E-state index < -0.39 is 0 Å². The van der Waals surface area contributed by atoms with E-state index in [0.717, 1.165) is 0 Å². The summed E-state index contributed by atoms with van der Waals surface area (Å²) in [6, 6.07) is 5.94. The van der Waals surface area contributed by atoms with Crippen LogP contribution in [0.4, 0.5) is 10.1 Å². The van der Waals surface area contributed by atoms with Gasteiger partial charge in [0.15, 0.2) is 4.45 Å². The van der Waals surface area contributed by atoms with Crippen LogP contribution in [0.1, 0.15) is 0 Å². The predicted octanol–water partition coefficient (Wildman–Crippen LogP) is 3.47. The van der Waals surface area contributed by atoms with E-state index in [0.29, 0.717) is 5.69 Å². The molecular weight excluding hydrogens is 265 g/mol. The molecule has 1 rings (SSSR count). The molecule has 0 fully saturated rings. The fourth-order valence-corrected chi connectivity index (χ4v) is 1.12. The minimum Gasteiger partial charge on any atom is -0.257 e. The molecule has 0 N–H and O–H groups in total. The second kappa shape index (κ2) is 4.16. The smallest absolute Gasteiger partial charge is 0.184 e. The van der Waals surface area contributed by atoms with Crippen molar-refractivity contribution < 1.29 is 4.39 Å². The molecule has 64 valence electrons.